The maximum absolute atomic E-state index is 3.89. The van der Waals surface area contributed by atoms with Crippen molar-refractivity contribution >= 4 is 0 Å². The molecule has 0 spiro atoms. The average Bonchev–Trinajstić information content (AvgIpc) is 2.03. The van der Waals surface area contributed by atoms with Crippen molar-refractivity contribution in [2.24, 2.45) is 0 Å². The fourth-order valence-corrected chi connectivity index (χ4v) is 1.24. The van der Waals surface area contributed by atoms with E-state index in [1.165, 1.54) is 25.1 Å². The summed E-state index contributed by atoms with van der Waals surface area (Å²) in [6.07, 6.45) is 6.88. The zero-order chi connectivity index (χ0) is 8.10. The Hall–Kier alpha value is -0.560. The normalized spacial score (nSPS) is 18.6. The standard InChI is InChI=1S/C10H17N/c1-10(2)6-9-11-7-4-3-5-8-11/h3-4H,1,5-9H2,2H3. The highest BCUT2D eigenvalue weighted by atomic mass is 15.1. The van der Waals surface area contributed by atoms with Crippen molar-refractivity contribution in [3.63, 3.8) is 0 Å². The van der Waals surface area contributed by atoms with E-state index in [1.54, 1.807) is 0 Å². The first kappa shape index (κ1) is 8.54. The Morgan fingerprint density at radius 2 is 2.36 bits per heavy atom. The molecular formula is C10H17N. The highest BCUT2D eigenvalue weighted by molar-refractivity contribution is 4.93. The van der Waals surface area contributed by atoms with Crippen LogP contribution in [0.3, 0.4) is 0 Å². The van der Waals surface area contributed by atoms with Gasteiger partial charge in [-0.25, -0.2) is 0 Å². The van der Waals surface area contributed by atoms with E-state index in [4.69, 9.17) is 0 Å². The van der Waals surface area contributed by atoms with Crippen LogP contribution in [-0.4, -0.2) is 24.5 Å². The molecule has 0 aromatic carbocycles. The van der Waals surface area contributed by atoms with Crippen LogP contribution in [0.1, 0.15) is 19.8 Å². The molecule has 1 nitrogen and oxygen atoms in total. The highest BCUT2D eigenvalue weighted by Crippen LogP contribution is 2.04. The molecule has 0 unspecified atom stereocenters. The summed E-state index contributed by atoms with van der Waals surface area (Å²) in [6, 6.07) is 0. The summed E-state index contributed by atoms with van der Waals surface area (Å²) < 4.78 is 0. The summed E-state index contributed by atoms with van der Waals surface area (Å²) in [5.41, 5.74) is 1.29. The number of hydrogen-bond donors (Lipinski definition) is 0. The molecule has 0 aromatic rings. The smallest absolute Gasteiger partial charge is 0.0163 e. The van der Waals surface area contributed by atoms with E-state index < -0.39 is 0 Å². The Labute approximate surface area is 69.4 Å². The lowest BCUT2D eigenvalue weighted by molar-refractivity contribution is 0.302. The third-order valence-corrected chi connectivity index (χ3v) is 2.00. The van der Waals surface area contributed by atoms with E-state index in [0.29, 0.717) is 0 Å². The minimum atomic E-state index is 1.13. The molecule has 0 amide bonds. The van der Waals surface area contributed by atoms with Gasteiger partial charge < -0.3 is 0 Å². The van der Waals surface area contributed by atoms with Gasteiger partial charge in [-0.1, -0.05) is 17.7 Å². The van der Waals surface area contributed by atoms with Crippen molar-refractivity contribution < 1.29 is 0 Å². The summed E-state index contributed by atoms with van der Waals surface area (Å²) >= 11 is 0. The zero-order valence-corrected chi connectivity index (χ0v) is 7.34. The molecule has 1 aliphatic rings. The number of rotatable bonds is 3. The molecule has 0 N–H and O–H groups in total. The summed E-state index contributed by atoms with van der Waals surface area (Å²) in [7, 11) is 0. The average molecular weight is 151 g/mol. The molecular weight excluding hydrogens is 134 g/mol. The Morgan fingerprint density at radius 3 is 2.91 bits per heavy atom. The van der Waals surface area contributed by atoms with Crippen LogP contribution in [0.25, 0.3) is 0 Å². The monoisotopic (exact) mass is 151 g/mol. The van der Waals surface area contributed by atoms with Crippen molar-refractivity contribution in [3.05, 3.63) is 24.3 Å². The van der Waals surface area contributed by atoms with Crippen LogP contribution in [0.15, 0.2) is 24.3 Å². The minimum absolute atomic E-state index is 1.13. The van der Waals surface area contributed by atoms with Gasteiger partial charge >= 0.3 is 0 Å². The molecule has 0 aliphatic carbocycles. The van der Waals surface area contributed by atoms with Crippen molar-refractivity contribution in [2.75, 3.05) is 19.6 Å². The van der Waals surface area contributed by atoms with Crippen molar-refractivity contribution in [1.29, 1.82) is 0 Å². The number of nitrogens with zero attached hydrogens (tertiary/aromatic N) is 1. The van der Waals surface area contributed by atoms with Crippen LogP contribution in [0.5, 0.6) is 0 Å². The predicted octanol–water partition coefficient (Wildman–Crippen LogP) is 2.21. The van der Waals surface area contributed by atoms with E-state index in [2.05, 4.69) is 30.6 Å². The Kier molecular flexibility index (Phi) is 3.37. The Bertz CT molecular complexity index is 158. The fourth-order valence-electron chi connectivity index (χ4n) is 1.24. The van der Waals surface area contributed by atoms with E-state index >= 15 is 0 Å². The first-order valence-electron chi connectivity index (χ1n) is 4.31. The molecule has 1 rings (SSSR count). The first-order valence-corrected chi connectivity index (χ1v) is 4.31. The van der Waals surface area contributed by atoms with Crippen LogP contribution < -0.4 is 0 Å². The van der Waals surface area contributed by atoms with Gasteiger partial charge in [0.1, 0.15) is 0 Å². The van der Waals surface area contributed by atoms with Gasteiger partial charge in [-0.15, -0.1) is 6.58 Å². The molecule has 62 valence electrons. The molecule has 0 saturated heterocycles. The van der Waals surface area contributed by atoms with Gasteiger partial charge in [0.05, 0.1) is 0 Å². The van der Waals surface area contributed by atoms with Crippen LogP contribution in [0, 0.1) is 0 Å². The number of hydrogen-bond acceptors (Lipinski definition) is 1. The zero-order valence-electron chi connectivity index (χ0n) is 7.34. The molecule has 0 atom stereocenters. The summed E-state index contributed by atoms with van der Waals surface area (Å²) in [5.74, 6) is 0. The second-order valence-electron chi connectivity index (χ2n) is 3.27. The fraction of sp³-hybridized carbons (Fsp3) is 0.600. The first-order chi connectivity index (χ1) is 5.29. The van der Waals surface area contributed by atoms with E-state index in [0.717, 1.165) is 13.0 Å². The van der Waals surface area contributed by atoms with E-state index in [9.17, 15) is 0 Å². The quantitative estimate of drug-likeness (QED) is 0.559. The molecule has 0 saturated carbocycles. The van der Waals surface area contributed by atoms with Gasteiger partial charge in [0.25, 0.3) is 0 Å². The SMILES string of the molecule is C=C(C)CCN1CC=CCC1. The van der Waals surface area contributed by atoms with Crippen molar-refractivity contribution in [2.45, 2.75) is 19.8 Å². The van der Waals surface area contributed by atoms with Gasteiger partial charge in [-0.05, 0) is 19.8 Å². The summed E-state index contributed by atoms with van der Waals surface area (Å²) in [4.78, 5) is 2.47. The van der Waals surface area contributed by atoms with Gasteiger partial charge in [-0.3, -0.25) is 4.90 Å². The Balaban J connectivity index is 2.16. The predicted molar refractivity (Wildman–Crippen MR) is 49.6 cm³/mol. The van der Waals surface area contributed by atoms with Crippen molar-refractivity contribution in [1.82, 2.24) is 4.90 Å². The van der Waals surface area contributed by atoms with Gasteiger partial charge in [0.15, 0.2) is 0 Å². The second-order valence-corrected chi connectivity index (χ2v) is 3.27. The lowest BCUT2D eigenvalue weighted by Crippen LogP contribution is -2.28. The van der Waals surface area contributed by atoms with E-state index in [1.807, 2.05) is 0 Å². The van der Waals surface area contributed by atoms with Crippen molar-refractivity contribution in [3.8, 4) is 0 Å². The second kappa shape index (κ2) is 4.35. The van der Waals surface area contributed by atoms with Crippen LogP contribution in [0.2, 0.25) is 0 Å². The largest absolute Gasteiger partial charge is 0.299 e. The molecule has 1 heterocycles. The van der Waals surface area contributed by atoms with Gasteiger partial charge in [-0.2, -0.15) is 0 Å². The molecule has 11 heavy (non-hydrogen) atoms. The highest BCUT2D eigenvalue weighted by Gasteiger charge is 2.04. The maximum atomic E-state index is 3.89. The van der Waals surface area contributed by atoms with Crippen LogP contribution >= 0.6 is 0 Å². The van der Waals surface area contributed by atoms with E-state index in [-0.39, 0.29) is 0 Å². The molecule has 0 aromatic heterocycles. The topological polar surface area (TPSA) is 3.24 Å². The molecule has 1 aliphatic heterocycles. The molecule has 0 bridgehead atoms. The summed E-state index contributed by atoms with van der Waals surface area (Å²) in [5, 5.41) is 0. The maximum Gasteiger partial charge on any atom is 0.0163 e. The minimum Gasteiger partial charge on any atom is -0.299 e. The Morgan fingerprint density at radius 1 is 1.55 bits per heavy atom. The third-order valence-electron chi connectivity index (χ3n) is 2.00. The third kappa shape index (κ3) is 3.38. The van der Waals surface area contributed by atoms with Gasteiger partial charge in [0.2, 0.25) is 0 Å². The lowest BCUT2D eigenvalue weighted by atomic mass is 10.2. The molecule has 1 heteroatoms. The van der Waals surface area contributed by atoms with Gasteiger partial charge in [0, 0.05) is 19.6 Å². The lowest BCUT2D eigenvalue weighted by Gasteiger charge is -2.22. The summed E-state index contributed by atoms with van der Waals surface area (Å²) in [6.45, 7) is 9.53. The van der Waals surface area contributed by atoms with Crippen LogP contribution in [-0.2, 0) is 0 Å². The van der Waals surface area contributed by atoms with Crippen LogP contribution in [0.4, 0.5) is 0 Å². The molecule has 0 radical (unpaired) electrons. The molecule has 0 fully saturated rings.